The molecule has 0 radical (unpaired) electrons. The highest BCUT2D eigenvalue weighted by atomic mass is 19.4. The van der Waals surface area contributed by atoms with Crippen LogP contribution in [0.3, 0.4) is 0 Å². The molecule has 2 aromatic carbocycles. The van der Waals surface area contributed by atoms with Crippen LogP contribution >= 0.6 is 0 Å². The molecule has 10 heteroatoms. The van der Waals surface area contributed by atoms with E-state index in [0.29, 0.717) is 37.6 Å². The maximum atomic E-state index is 13.0. The molecular formula is C28H26F6N2O2. The van der Waals surface area contributed by atoms with Crippen molar-refractivity contribution < 1.29 is 35.9 Å². The van der Waals surface area contributed by atoms with Gasteiger partial charge in [-0.2, -0.15) is 26.3 Å². The summed E-state index contributed by atoms with van der Waals surface area (Å²) < 4.78 is 83.6. The van der Waals surface area contributed by atoms with Gasteiger partial charge in [-0.1, -0.05) is 30.3 Å². The Hall–Kier alpha value is -3.40. The topological polar surface area (TPSA) is 42.4 Å². The number of likely N-dealkylation sites (tertiary alicyclic amines) is 1. The zero-order valence-corrected chi connectivity index (χ0v) is 20.4. The van der Waals surface area contributed by atoms with Gasteiger partial charge in [-0.05, 0) is 65.3 Å². The van der Waals surface area contributed by atoms with E-state index in [1.54, 1.807) is 18.5 Å². The Labute approximate surface area is 216 Å². The number of hydrogen-bond acceptors (Lipinski definition) is 3. The van der Waals surface area contributed by atoms with E-state index in [4.69, 9.17) is 4.74 Å². The molecule has 1 aromatic heterocycles. The van der Waals surface area contributed by atoms with E-state index in [1.165, 1.54) is 0 Å². The van der Waals surface area contributed by atoms with Gasteiger partial charge >= 0.3 is 12.4 Å². The van der Waals surface area contributed by atoms with Crippen LogP contribution < -0.4 is 0 Å². The average Bonchev–Trinajstić information content (AvgIpc) is 2.89. The fourth-order valence-electron chi connectivity index (χ4n) is 4.53. The normalized spacial score (nSPS) is 15.1. The van der Waals surface area contributed by atoms with Crippen LogP contribution in [0.1, 0.15) is 52.1 Å². The van der Waals surface area contributed by atoms with Gasteiger partial charge in [-0.25, -0.2) is 0 Å². The lowest BCUT2D eigenvalue weighted by Gasteiger charge is -2.32. The molecule has 2 heterocycles. The molecule has 202 valence electrons. The summed E-state index contributed by atoms with van der Waals surface area (Å²) in [6.45, 7) is 0.969. The van der Waals surface area contributed by atoms with Gasteiger partial charge in [-0.15, -0.1) is 0 Å². The van der Waals surface area contributed by atoms with Crippen LogP contribution in [0.25, 0.3) is 0 Å². The van der Waals surface area contributed by atoms with Crippen LogP contribution in [0.2, 0.25) is 0 Å². The number of carbonyl (C=O) groups is 1. The van der Waals surface area contributed by atoms with Gasteiger partial charge in [-0.3, -0.25) is 9.78 Å². The quantitative estimate of drug-likeness (QED) is 0.313. The van der Waals surface area contributed by atoms with E-state index in [1.807, 2.05) is 35.2 Å². The maximum absolute atomic E-state index is 13.0. The highest BCUT2D eigenvalue weighted by Crippen LogP contribution is 2.36. The summed E-state index contributed by atoms with van der Waals surface area (Å²) in [5, 5.41) is 0. The van der Waals surface area contributed by atoms with Crippen molar-refractivity contribution in [2.45, 2.75) is 50.7 Å². The van der Waals surface area contributed by atoms with Crippen molar-refractivity contribution in [2.75, 3.05) is 13.1 Å². The lowest BCUT2D eigenvalue weighted by Crippen LogP contribution is -2.38. The molecule has 1 amide bonds. The maximum Gasteiger partial charge on any atom is 0.416 e. The molecule has 0 unspecified atom stereocenters. The molecule has 3 aromatic rings. The molecule has 4 nitrogen and oxygen atoms in total. The summed E-state index contributed by atoms with van der Waals surface area (Å²) >= 11 is 0. The van der Waals surface area contributed by atoms with E-state index >= 15 is 0 Å². The minimum absolute atomic E-state index is 0.0408. The number of amides is 1. The van der Waals surface area contributed by atoms with Crippen molar-refractivity contribution in [3.05, 3.63) is 100 Å². The number of aromatic nitrogens is 1. The number of alkyl halides is 6. The Morgan fingerprint density at radius 1 is 0.842 bits per heavy atom. The molecule has 1 saturated heterocycles. The standard InChI is InChI=1S/C28H26F6N2O2/c29-27(30,31)24-12-21(13-25(15-24)28(32,33)34)18-38-17-19-3-5-22(6-4-19)23-7-10-36(11-8-23)26(37)14-20-2-1-9-35-16-20/h1-6,9,12-13,15-16,23H,7-8,10-11,14,17-18H2. The Morgan fingerprint density at radius 2 is 1.45 bits per heavy atom. The van der Waals surface area contributed by atoms with Crippen LogP contribution in [0.4, 0.5) is 26.3 Å². The lowest BCUT2D eigenvalue weighted by atomic mass is 9.89. The first-order valence-electron chi connectivity index (χ1n) is 12.1. The van der Waals surface area contributed by atoms with E-state index in [2.05, 4.69) is 4.98 Å². The number of benzene rings is 2. The number of hydrogen-bond donors (Lipinski definition) is 0. The van der Waals surface area contributed by atoms with Crippen LogP contribution in [-0.2, 0) is 41.5 Å². The van der Waals surface area contributed by atoms with Crippen molar-refractivity contribution in [1.82, 2.24) is 9.88 Å². The van der Waals surface area contributed by atoms with Gasteiger partial charge in [0, 0.05) is 25.5 Å². The smallest absolute Gasteiger partial charge is 0.372 e. The number of carbonyl (C=O) groups excluding carboxylic acids is 1. The molecule has 0 N–H and O–H groups in total. The minimum atomic E-state index is -4.89. The van der Waals surface area contributed by atoms with Crippen LogP contribution in [0.5, 0.6) is 0 Å². The highest BCUT2D eigenvalue weighted by Gasteiger charge is 2.36. The largest absolute Gasteiger partial charge is 0.416 e. The van der Waals surface area contributed by atoms with Gasteiger partial charge in [0.15, 0.2) is 0 Å². The van der Waals surface area contributed by atoms with Crippen molar-refractivity contribution in [3.63, 3.8) is 0 Å². The van der Waals surface area contributed by atoms with E-state index < -0.39 is 23.5 Å². The second kappa shape index (κ2) is 11.6. The third-order valence-electron chi connectivity index (χ3n) is 6.56. The number of halogens is 6. The second-order valence-corrected chi connectivity index (χ2v) is 9.34. The molecule has 1 fully saturated rings. The third-order valence-corrected chi connectivity index (χ3v) is 6.56. The Bertz CT molecular complexity index is 1190. The predicted molar refractivity (Wildman–Crippen MR) is 128 cm³/mol. The van der Waals surface area contributed by atoms with Crippen molar-refractivity contribution in [3.8, 4) is 0 Å². The number of nitrogens with zero attached hydrogens (tertiary/aromatic N) is 2. The molecule has 1 aliphatic rings. The molecule has 4 rings (SSSR count). The third kappa shape index (κ3) is 7.34. The first kappa shape index (κ1) is 27.6. The van der Waals surface area contributed by atoms with Crippen molar-refractivity contribution in [1.29, 1.82) is 0 Å². The number of pyridine rings is 1. The van der Waals surface area contributed by atoms with Gasteiger partial charge in [0.1, 0.15) is 0 Å². The highest BCUT2D eigenvalue weighted by molar-refractivity contribution is 5.78. The molecule has 0 aliphatic carbocycles. The van der Waals surface area contributed by atoms with Gasteiger partial charge in [0.05, 0.1) is 30.8 Å². The van der Waals surface area contributed by atoms with Gasteiger partial charge < -0.3 is 9.64 Å². The molecule has 1 aliphatic heterocycles. The van der Waals surface area contributed by atoms with Crippen molar-refractivity contribution >= 4 is 5.91 Å². The zero-order valence-electron chi connectivity index (χ0n) is 20.4. The number of ether oxygens (including phenoxy) is 1. The summed E-state index contributed by atoms with van der Waals surface area (Å²) in [5.74, 6) is 0.366. The number of rotatable bonds is 7. The zero-order chi connectivity index (χ0) is 27.3. The fourth-order valence-corrected chi connectivity index (χ4v) is 4.53. The number of piperidine rings is 1. The summed E-state index contributed by atoms with van der Waals surface area (Å²) in [6.07, 6.45) is -4.46. The first-order chi connectivity index (χ1) is 18.0. The lowest BCUT2D eigenvalue weighted by molar-refractivity contribution is -0.143. The van der Waals surface area contributed by atoms with Crippen LogP contribution in [0.15, 0.2) is 67.0 Å². The molecule has 0 saturated carbocycles. The summed E-state index contributed by atoms with van der Waals surface area (Å²) in [7, 11) is 0. The van der Waals surface area contributed by atoms with E-state index in [9.17, 15) is 31.1 Å². The minimum Gasteiger partial charge on any atom is -0.372 e. The average molecular weight is 537 g/mol. The molecule has 0 bridgehead atoms. The molecule has 0 atom stereocenters. The Balaban J connectivity index is 1.28. The molecular weight excluding hydrogens is 510 g/mol. The summed E-state index contributed by atoms with van der Waals surface area (Å²) in [4.78, 5) is 18.5. The second-order valence-electron chi connectivity index (χ2n) is 9.34. The van der Waals surface area contributed by atoms with Gasteiger partial charge in [0.25, 0.3) is 0 Å². The Kier molecular flexibility index (Phi) is 8.40. The molecule has 38 heavy (non-hydrogen) atoms. The first-order valence-corrected chi connectivity index (χ1v) is 12.1. The van der Waals surface area contributed by atoms with Gasteiger partial charge in [0.2, 0.25) is 5.91 Å². The summed E-state index contributed by atoms with van der Waals surface area (Å²) in [5.41, 5.74) is -0.179. The molecule has 0 spiro atoms. The SMILES string of the molecule is O=C(Cc1cccnc1)N1CCC(c2ccc(COCc3cc(C(F)(F)F)cc(C(F)(F)F)c3)cc2)CC1. The monoisotopic (exact) mass is 536 g/mol. The Morgan fingerprint density at radius 3 is 2.00 bits per heavy atom. The van der Waals surface area contributed by atoms with Crippen LogP contribution in [-0.4, -0.2) is 28.9 Å². The van der Waals surface area contributed by atoms with Crippen molar-refractivity contribution in [2.24, 2.45) is 0 Å². The van der Waals surface area contributed by atoms with E-state index in [0.717, 1.165) is 29.5 Å². The fraction of sp³-hybridized carbons (Fsp3) is 0.357. The summed E-state index contributed by atoms with van der Waals surface area (Å²) in [6, 6.07) is 12.7. The van der Waals surface area contributed by atoms with E-state index in [-0.39, 0.29) is 30.8 Å². The van der Waals surface area contributed by atoms with Crippen LogP contribution in [0, 0.1) is 0 Å². The predicted octanol–water partition coefficient (Wildman–Crippen LogP) is 6.78.